The van der Waals surface area contributed by atoms with E-state index in [4.69, 9.17) is 0 Å². The Balaban J connectivity index is 1.87. The number of aryl methyl sites for hydroxylation is 2. The van der Waals surface area contributed by atoms with E-state index in [-0.39, 0.29) is 29.6 Å². The van der Waals surface area contributed by atoms with Crippen molar-refractivity contribution in [3.05, 3.63) is 41.5 Å². The maximum Gasteiger partial charge on any atom is 0.241 e. The smallest absolute Gasteiger partial charge is 0.241 e. The molecule has 2 bridgehead atoms. The Morgan fingerprint density at radius 1 is 1.14 bits per heavy atom. The number of benzene rings is 1. The molecule has 108 valence electrons. The molecule has 2 fully saturated rings. The van der Waals surface area contributed by atoms with E-state index in [2.05, 4.69) is 12.2 Å². The van der Waals surface area contributed by atoms with Gasteiger partial charge >= 0.3 is 0 Å². The second-order valence-electron chi connectivity index (χ2n) is 6.87. The number of carbonyl (C=O) groups excluding carboxylic acids is 2. The van der Waals surface area contributed by atoms with Crippen LogP contribution in [-0.4, -0.2) is 11.8 Å². The number of rotatable bonds is 1. The maximum absolute atomic E-state index is 13.1. The first-order chi connectivity index (χ1) is 9.96. The summed E-state index contributed by atoms with van der Waals surface area (Å²) in [6, 6.07) is 5.89. The largest absolute Gasteiger partial charge is 0.274 e. The van der Waals surface area contributed by atoms with E-state index in [1.165, 1.54) is 4.90 Å². The third kappa shape index (κ3) is 1.34. The summed E-state index contributed by atoms with van der Waals surface area (Å²) in [5.41, 5.74) is 2.23. The average Bonchev–Trinajstić information content (AvgIpc) is 3.06. The molecular formula is C18H19NO2. The van der Waals surface area contributed by atoms with Gasteiger partial charge in [0.1, 0.15) is 0 Å². The average molecular weight is 281 g/mol. The first kappa shape index (κ1) is 12.8. The van der Waals surface area contributed by atoms with Gasteiger partial charge in [-0.05, 0) is 50.2 Å². The lowest BCUT2D eigenvalue weighted by Gasteiger charge is -2.28. The molecule has 0 unspecified atom stereocenters. The number of fused-ring (bicyclic) bond motifs is 5. The van der Waals surface area contributed by atoms with Crippen LogP contribution in [0.2, 0.25) is 0 Å². The Bertz CT molecular complexity index is 685. The first-order valence-corrected chi connectivity index (χ1v) is 7.59. The number of imide groups is 1. The van der Waals surface area contributed by atoms with Gasteiger partial charge in [-0.2, -0.15) is 0 Å². The number of para-hydroxylation sites is 1. The Morgan fingerprint density at radius 2 is 1.81 bits per heavy atom. The standard InChI is InChI=1S/C18H19NO2/c1-10-5-4-6-11(2)15(10)19-16(20)14-12-7-8-13(9-12)18(14,3)17(19)21/h4-8,12-14H,9H2,1-3H3/t12-,13-,14+,18+/m1/s1. The zero-order chi connectivity index (χ0) is 14.9. The third-order valence-corrected chi connectivity index (χ3v) is 5.77. The lowest BCUT2D eigenvalue weighted by Crippen LogP contribution is -2.38. The number of allylic oxidation sites excluding steroid dienone is 2. The summed E-state index contributed by atoms with van der Waals surface area (Å²) in [5, 5.41) is 0. The van der Waals surface area contributed by atoms with Gasteiger partial charge in [-0.3, -0.25) is 9.59 Å². The van der Waals surface area contributed by atoms with Crippen LogP contribution in [0, 0.1) is 37.0 Å². The fourth-order valence-electron chi connectivity index (χ4n) is 4.68. The lowest BCUT2D eigenvalue weighted by molar-refractivity contribution is -0.127. The lowest BCUT2D eigenvalue weighted by atomic mass is 9.71. The molecule has 0 aromatic heterocycles. The van der Waals surface area contributed by atoms with Gasteiger partial charge in [-0.25, -0.2) is 4.90 Å². The van der Waals surface area contributed by atoms with Crippen molar-refractivity contribution < 1.29 is 9.59 Å². The van der Waals surface area contributed by atoms with Crippen molar-refractivity contribution in [2.45, 2.75) is 27.2 Å². The summed E-state index contributed by atoms with van der Waals surface area (Å²) in [4.78, 5) is 27.5. The molecular weight excluding hydrogens is 262 g/mol. The Kier molecular flexibility index (Phi) is 2.35. The van der Waals surface area contributed by atoms with Crippen molar-refractivity contribution in [3.8, 4) is 0 Å². The first-order valence-electron chi connectivity index (χ1n) is 7.59. The van der Waals surface area contributed by atoms with E-state index in [1.54, 1.807) is 0 Å². The van der Waals surface area contributed by atoms with Crippen LogP contribution < -0.4 is 4.90 Å². The fourth-order valence-corrected chi connectivity index (χ4v) is 4.68. The topological polar surface area (TPSA) is 37.4 Å². The minimum absolute atomic E-state index is 0.00301. The van der Waals surface area contributed by atoms with Crippen LogP contribution in [0.3, 0.4) is 0 Å². The second-order valence-corrected chi connectivity index (χ2v) is 6.87. The summed E-state index contributed by atoms with van der Waals surface area (Å²) in [6.45, 7) is 5.91. The summed E-state index contributed by atoms with van der Waals surface area (Å²) >= 11 is 0. The third-order valence-electron chi connectivity index (χ3n) is 5.77. The molecule has 4 atom stereocenters. The highest BCUT2D eigenvalue weighted by atomic mass is 16.2. The van der Waals surface area contributed by atoms with Gasteiger partial charge in [-0.1, -0.05) is 30.4 Å². The molecule has 1 aromatic carbocycles. The normalized spacial score (nSPS) is 36.7. The van der Waals surface area contributed by atoms with Gasteiger partial charge in [-0.15, -0.1) is 0 Å². The number of amides is 2. The molecule has 1 heterocycles. The van der Waals surface area contributed by atoms with Crippen LogP contribution in [0.4, 0.5) is 5.69 Å². The van der Waals surface area contributed by atoms with E-state index in [1.807, 2.05) is 39.0 Å². The van der Waals surface area contributed by atoms with Crippen molar-refractivity contribution in [2.24, 2.45) is 23.2 Å². The van der Waals surface area contributed by atoms with E-state index in [9.17, 15) is 9.59 Å². The van der Waals surface area contributed by atoms with E-state index in [0.29, 0.717) is 0 Å². The van der Waals surface area contributed by atoms with Crippen LogP contribution in [0.5, 0.6) is 0 Å². The van der Waals surface area contributed by atoms with Crippen molar-refractivity contribution in [1.29, 1.82) is 0 Å². The van der Waals surface area contributed by atoms with Crippen molar-refractivity contribution in [3.63, 3.8) is 0 Å². The molecule has 3 aliphatic rings. The molecule has 0 N–H and O–H groups in total. The van der Waals surface area contributed by atoms with E-state index < -0.39 is 5.41 Å². The summed E-state index contributed by atoms with van der Waals surface area (Å²) < 4.78 is 0. The van der Waals surface area contributed by atoms with E-state index >= 15 is 0 Å². The number of hydrogen-bond acceptors (Lipinski definition) is 2. The molecule has 1 saturated heterocycles. The van der Waals surface area contributed by atoms with Crippen LogP contribution >= 0.6 is 0 Å². The molecule has 4 rings (SSSR count). The highest BCUT2D eigenvalue weighted by molar-refractivity contribution is 6.25. The highest BCUT2D eigenvalue weighted by Crippen LogP contribution is 2.61. The van der Waals surface area contributed by atoms with Crippen LogP contribution in [-0.2, 0) is 9.59 Å². The van der Waals surface area contributed by atoms with Crippen molar-refractivity contribution in [2.75, 3.05) is 4.90 Å². The molecule has 21 heavy (non-hydrogen) atoms. The van der Waals surface area contributed by atoms with E-state index in [0.717, 1.165) is 23.2 Å². The molecule has 2 aliphatic carbocycles. The SMILES string of the molecule is Cc1cccc(C)c1N1C(=O)[C@@H]2[C@@H]3C=C[C@H](C3)[C@]2(C)C1=O. The monoisotopic (exact) mass is 281 g/mol. The summed E-state index contributed by atoms with van der Waals surface area (Å²) in [5.74, 6) is 0.284. The zero-order valence-corrected chi connectivity index (χ0v) is 12.6. The van der Waals surface area contributed by atoms with Gasteiger partial charge in [0.15, 0.2) is 0 Å². The number of nitrogens with zero attached hydrogens (tertiary/aromatic N) is 1. The fraction of sp³-hybridized carbons (Fsp3) is 0.444. The number of hydrogen-bond donors (Lipinski definition) is 0. The molecule has 3 heteroatoms. The molecule has 1 saturated carbocycles. The molecule has 1 aliphatic heterocycles. The zero-order valence-electron chi connectivity index (χ0n) is 12.6. The van der Waals surface area contributed by atoms with Gasteiger partial charge < -0.3 is 0 Å². The molecule has 3 nitrogen and oxygen atoms in total. The van der Waals surface area contributed by atoms with Gasteiger partial charge in [0.05, 0.1) is 17.0 Å². The molecule has 2 amide bonds. The van der Waals surface area contributed by atoms with Crippen LogP contribution in [0.25, 0.3) is 0 Å². The predicted octanol–water partition coefficient (Wildman–Crippen LogP) is 3.01. The van der Waals surface area contributed by atoms with Crippen molar-refractivity contribution >= 4 is 17.5 Å². The van der Waals surface area contributed by atoms with Gasteiger partial charge in [0, 0.05) is 0 Å². The minimum atomic E-state index is -0.536. The second kappa shape index (κ2) is 3.85. The summed E-state index contributed by atoms with van der Waals surface area (Å²) in [7, 11) is 0. The van der Waals surface area contributed by atoms with Gasteiger partial charge in [0.2, 0.25) is 11.8 Å². The van der Waals surface area contributed by atoms with Crippen LogP contribution in [0.15, 0.2) is 30.4 Å². The quantitative estimate of drug-likeness (QED) is 0.586. The number of anilines is 1. The highest BCUT2D eigenvalue weighted by Gasteiger charge is 2.67. The maximum atomic E-state index is 13.1. The van der Waals surface area contributed by atoms with Gasteiger partial charge in [0.25, 0.3) is 0 Å². The predicted molar refractivity (Wildman–Crippen MR) is 80.7 cm³/mol. The number of carbonyl (C=O) groups is 2. The van der Waals surface area contributed by atoms with Crippen molar-refractivity contribution in [1.82, 2.24) is 0 Å². The molecule has 0 spiro atoms. The Hall–Kier alpha value is -1.90. The molecule has 0 radical (unpaired) electrons. The summed E-state index contributed by atoms with van der Waals surface area (Å²) in [6.07, 6.45) is 5.23. The molecule has 1 aromatic rings. The Labute approximate surface area is 124 Å². The van der Waals surface area contributed by atoms with Crippen LogP contribution in [0.1, 0.15) is 24.5 Å². The minimum Gasteiger partial charge on any atom is -0.274 e. The Morgan fingerprint density at radius 3 is 2.43 bits per heavy atom.